The first kappa shape index (κ1) is 11.0. The molecular formula is C13H11N3OS. The number of aromatic nitrogens is 2. The number of thiophene rings is 1. The van der Waals surface area contributed by atoms with Gasteiger partial charge in [0.25, 0.3) is 0 Å². The van der Waals surface area contributed by atoms with Gasteiger partial charge in [-0.1, -0.05) is 6.07 Å². The molecule has 3 rings (SSSR count). The van der Waals surface area contributed by atoms with E-state index in [0.717, 1.165) is 16.3 Å². The van der Waals surface area contributed by atoms with Crippen molar-refractivity contribution in [3.8, 4) is 22.0 Å². The summed E-state index contributed by atoms with van der Waals surface area (Å²) in [4.78, 5) is 9.51. The van der Waals surface area contributed by atoms with Crippen molar-refractivity contribution in [1.82, 2.24) is 9.97 Å². The monoisotopic (exact) mass is 257 g/mol. The van der Waals surface area contributed by atoms with Crippen molar-refractivity contribution in [3.63, 3.8) is 0 Å². The molecule has 5 heteroatoms. The van der Waals surface area contributed by atoms with Crippen LogP contribution in [-0.4, -0.2) is 9.97 Å². The van der Waals surface area contributed by atoms with Gasteiger partial charge in [0.15, 0.2) is 5.76 Å². The maximum Gasteiger partial charge on any atom is 0.221 e. The molecule has 0 fully saturated rings. The van der Waals surface area contributed by atoms with Crippen LogP contribution < -0.4 is 5.73 Å². The van der Waals surface area contributed by atoms with E-state index in [1.807, 2.05) is 42.6 Å². The Labute approximate surface area is 108 Å². The summed E-state index contributed by atoms with van der Waals surface area (Å²) < 4.78 is 5.55. The van der Waals surface area contributed by atoms with Gasteiger partial charge < -0.3 is 10.2 Å². The number of nitrogens with zero attached hydrogens (tertiary/aromatic N) is 2. The topological polar surface area (TPSA) is 64.9 Å². The Hall–Kier alpha value is -2.14. The van der Waals surface area contributed by atoms with E-state index in [1.54, 1.807) is 11.3 Å². The minimum Gasteiger partial charge on any atom is -0.460 e. The van der Waals surface area contributed by atoms with E-state index in [-0.39, 0.29) is 5.95 Å². The van der Waals surface area contributed by atoms with Crippen LogP contribution in [0.1, 0.15) is 5.76 Å². The van der Waals surface area contributed by atoms with Gasteiger partial charge in [-0.3, -0.25) is 0 Å². The molecular weight excluding hydrogens is 246 g/mol. The lowest BCUT2D eigenvalue weighted by molar-refractivity contribution is 0.546. The Kier molecular flexibility index (Phi) is 2.60. The Morgan fingerprint density at radius 1 is 1.17 bits per heavy atom. The summed E-state index contributed by atoms with van der Waals surface area (Å²) in [6, 6.07) is 9.66. The molecule has 0 unspecified atom stereocenters. The largest absolute Gasteiger partial charge is 0.460 e. The van der Waals surface area contributed by atoms with Gasteiger partial charge in [-0.25, -0.2) is 9.97 Å². The van der Waals surface area contributed by atoms with E-state index < -0.39 is 0 Å². The van der Waals surface area contributed by atoms with E-state index in [0.29, 0.717) is 11.5 Å². The highest BCUT2D eigenvalue weighted by molar-refractivity contribution is 7.13. The van der Waals surface area contributed by atoms with Crippen LogP contribution in [0.5, 0.6) is 0 Å². The zero-order valence-corrected chi connectivity index (χ0v) is 10.6. The molecule has 0 amide bonds. The molecule has 0 spiro atoms. The van der Waals surface area contributed by atoms with E-state index in [1.165, 1.54) is 0 Å². The summed E-state index contributed by atoms with van der Waals surface area (Å²) in [6.45, 7) is 1.90. The molecule has 0 atom stereocenters. The molecule has 0 aliphatic rings. The lowest BCUT2D eigenvalue weighted by atomic mass is 10.2. The van der Waals surface area contributed by atoms with Crippen molar-refractivity contribution < 1.29 is 4.42 Å². The van der Waals surface area contributed by atoms with Crippen molar-refractivity contribution in [3.05, 3.63) is 41.5 Å². The van der Waals surface area contributed by atoms with Crippen molar-refractivity contribution in [2.75, 3.05) is 5.73 Å². The van der Waals surface area contributed by atoms with Gasteiger partial charge in [0, 0.05) is 0 Å². The van der Waals surface area contributed by atoms with Gasteiger partial charge in [-0.05, 0) is 36.6 Å². The zero-order valence-electron chi connectivity index (χ0n) is 9.75. The maximum atomic E-state index is 5.75. The number of hydrogen-bond donors (Lipinski definition) is 1. The van der Waals surface area contributed by atoms with Crippen LogP contribution in [0.25, 0.3) is 22.0 Å². The second-order valence-corrected chi connectivity index (χ2v) is 4.83. The highest BCUT2D eigenvalue weighted by atomic mass is 32.1. The number of aryl methyl sites for hydroxylation is 1. The van der Waals surface area contributed by atoms with Crippen molar-refractivity contribution in [2.24, 2.45) is 0 Å². The SMILES string of the molecule is Cc1ccc(-c2cc(-c3cccs3)nc(N)n2)o1. The predicted octanol–water partition coefficient (Wildman–Crippen LogP) is 3.36. The third kappa shape index (κ3) is 2.00. The quantitative estimate of drug-likeness (QED) is 0.764. The summed E-state index contributed by atoms with van der Waals surface area (Å²) in [7, 11) is 0. The number of hydrogen-bond acceptors (Lipinski definition) is 5. The highest BCUT2D eigenvalue weighted by Gasteiger charge is 2.10. The van der Waals surface area contributed by atoms with Crippen LogP contribution in [0.3, 0.4) is 0 Å². The van der Waals surface area contributed by atoms with E-state index >= 15 is 0 Å². The zero-order chi connectivity index (χ0) is 12.5. The number of furan rings is 1. The normalized spacial score (nSPS) is 10.7. The lowest BCUT2D eigenvalue weighted by Gasteiger charge is -2.02. The van der Waals surface area contributed by atoms with Crippen LogP contribution in [0, 0.1) is 6.92 Å². The predicted molar refractivity (Wildman–Crippen MR) is 72.2 cm³/mol. The van der Waals surface area contributed by atoms with Crippen molar-refractivity contribution in [2.45, 2.75) is 6.92 Å². The van der Waals surface area contributed by atoms with Crippen LogP contribution in [0.2, 0.25) is 0 Å². The molecule has 3 aromatic heterocycles. The van der Waals surface area contributed by atoms with Gasteiger partial charge in [-0.2, -0.15) is 0 Å². The number of anilines is 1. The van der Waals surface area contributed by atoms with Gasteiger partial charge in [0.05, 0.1) is 10.6 Å². The Morgan fingerprint density at radius 3 is 2.67 bits per heavy atom. The Morgan fingerprint density at radius 2 is 2.00 bits per heavy atom. The molecule has 0 aliphatic carbocycles. The van der Waals surface area contributed by atoms with Gasteiger partial charge >= 0.3 is 0 Å². The van der Waals surface area contributed by atoms with Gasteiger partial charge in [0.1, 0.15) is 11.5 Å². The molecule has 90 valence electrons. The first-order chi connectivity index (χ1) is 8.72. The molecule has 0 aromatic carbocycles. The van der Waals surface area contributed by atoms with Gasteiger partial charge in [-0.15, -0.1) is 11.3 Å². The fourth-order valence-corrected chi connectivity index (χ4v) is 2.40. The lowest BCUT2D eigenvalue weighted by Crippen LogP contribution is -1.97. The smallest absolute Gasteiger partial charge is 0.221 e. The molecule has 3 aromatic rings. The fourth-order valence-electron chi connectivity index (χ4n) is 1.71. The molecule has 0 saturated carbocycles. The third-order valence-corrected chi connectivity index (χ3v) is 3.40. The summed E-state index contributed by atoms with van der Waals surface area (Å²) in [5.41, 5.74) is 7.28. The minimum absolute atomic E-state index is 0.255. The highest BCUT2D eigenvalue weighted by Crippen LogP contribution is 2.28. The molecule has 0 radical (unpaired) electrons. The number of rotatable bonds is 2. The van der Waals surface area contributed by atoms with Crippen LogP contribution in [0.4, 0.5) is 5.95 Å². The number of nitrogens with two attached hydrogens (primary N) is 1. The molecule has 3 heterocycles. The molecule has 0 bridgehead atoms. The standard InChI is InChI=1S/C13H11N3OS/c1-8-4-5-11(17-8)9-7-10(16-13(14)15-9)12-3-2-6-18-12/h2-7H,1H3,(H2,14,15,16). The Bertz CT molecular complexity index is 673. The molecule has 0 saturated heterocycles. The second-order valence-electron chi connectivity index (χ2n) is 3.88. The van der Waals surface area contributed by atoms with E-state index in [2.05, 4.69) is 9.97 Å². The van der Waals surface area contributed by atoms with E-state index in [9.17, 15) is 0 Å². The second kappa shape index (κ2) is 4.27. The maximum absolute atomic E-state index is 5.75. The summed E-state index contributed by atoms with van der Waals surface area (Å²) in [5, 5.41) is 2.00. The molecule has 2 N–H and O–H groups in total. The van der Waals surface area contributed by atoms with Crippen LogP contribution in [0.15, 0.2) is 40.1 Å². The fraction of sp³-hybridized carbons (Fsp3) is 0.0769. The molecule has 18 heavy (non-hydrogen) atoms. The van der Waals surface area contributed by atoms with Crippen LogP contribution in [-0.2, 0) is 0 Å². The minimum atomic E-state index is 0.255. The summed E-state index contributed by atoms with van der Waals surface area (Å²) in [5.74, 6) is 1.81. The van der Waals surface area contributed by atoms with Crippen LogP contribution >= 0.6 is 11.3 Å². The number of nitrogen functional groups attached to an aromatic ring is 1. The average molecular weight is 257 g/mol. The van der Waals surface area contributed by atoms with Crippen molar-refractivity contribution in [1.29, 1.82) is 0 Å². The Balaban J connectivity index is 2.11. The summed E-state index contributed by atoms with van der Waals surface area (Å²) >= 11 is 1.62. The molecule has 4 nitrogen and oxygen atoms in total. The van der Waals surface area contributed by atoms with Gasteiger partial charge in [0.2, 0.25) is 5.95 Å². The summed E-state index contributed by atoms with van der Waals surface area (Å²) in [6.07, 6.45) is 0. The first-order valence-corrected chi connectivity index (χ1v) is 6.35. The molecule has 0 aliphatic heterocycles. The first-order valence-electron chi connectivity index (χ1n) is 5.47. The third-order valence-electron chi connectivity index (χ3n) is 2.51. The van der Waals surface area contributed by atoms with E-state index in [4.69, 9.17) is 10.2 Å². The van der Waals surface area contributed by atoms with Crippen molar-refractivity contribution >= 4 is 17.3 Å². The average Bonchev–Trinajstić information content (AvgIpc) is 2.98.